The predicted molar refractivity (Wildman–Crippen MR) is 87.6 cm³/mol. The van der Waals surface area contributed by atoms with Gasteiger partial charge < -0.3 is 18.9 Å². The van der Waals surface area contributed by atoms with Crippen LogP contribution in [0.3, 0.4) is 0 Å². The van der Waals surface area contributed by atoms with Gasteiger partial charge >= 0.3 is 7.12 Å². The van der Waals surface area contributed by atoms with E-state index in [4.69, 9.17) is 14.0 Å². The zero-order valence-electron chi connectivity index (χ0n) is 14.1. The fraction of sp³-hybridized carbons (Fsp3) is 0.688. The third-order valence-corrected chi connectivity index (χ3v) is 4.86. The largest absolute Gasteiger partial charge is 0.496 e. The standard InChI is InChI=1S/C16H25BN2O3/c1-12-11-19(8-9-20-12)14-7-6-13(10-18-14)17-21-15(2,3)16(4,5)22-17/h6-7,10,12H,8-9,11H2,1-5H3/t12-/m1/s1. The molecule has 3 heterocycles. The molecule has 2 fully saturated rings. The lowest BCUT2D eigenvalue weighted by Gasteiger charge is -2.32. The number of ether oxygens (including phenoxy) is 1. The quantitative estimate of drug-likeness (QED) is 0.777. The first-order valence-corrected chi connectivity index (χ1v) is 7.97. The van der Waals surface area contributed by atoms with Crippen molar-refractivity contribution in [3.63, 3.8) is 0 Å². The van der Waals surface area contributed by atoms with E-state index < -0.39 is 0 Å². The first kappa shape index (κ1) is 15.8. The van der Waals surface area contributed by atoms with Crippen LogP contribution in [0.2, 0.25) is 0 Å². The molecule has 0 N–H and O–H groups in total. The molecule has 0 radical (unpaired) electrons. The van der Waals surface area contributed by atoms with Gasteiger partial charge in [0.25, 0.3) is 0 Å². The summed E-state index contributed by atoms with van der Waals surface area (Å²) in [6.45, 7) is 12.8. The SMILES string of the molecule is C[C@@H]1CN(c2ccc(B3OC(C)(C)C(C)(C)O3)cn2)CCO1. The maximum absolute atomic E-state index is 6.06. The molecule has 0 aliphatic carbocycles. The lowest BCUT2D eigenvalue weighted by Crippen LogP contribution is -2.42. The Morgan fingerprint density at radius 3 is 2.41 bits per heavy atom. The van der Waals surface area contributed by atoms with Crippen LogP contribution < -0.4 is 10.4 Å². The van der Waals surface area contributed by atoms with Crippen LogP contribution in [0, 0.1) is 0 Å². The summed E-state index contributed by atoms with van der Waals surface area (Å²) < 4.78 is 17.7. The number of nitrogens with zero attached hydrogens (tertiary/aromatic N) is 2. The molecule has 6 heteroatoms. The summed E-state index contributed by atoms with van der Waals surface area (Å²) in [4.78, 5) is 6.84. The van der Waals surface area contributed by atoms with Gasteiger partial charge in [-0.25, -0.2) is 4.98 Å². The van der Waals surface area contributed by atoms with Crippen molar-refractivity contribution in [2.75, 3.05) is 24.6 Å². The fourth-order valence-electron chi connectivity index (χ4n) is 2.73. The Labute approximate surface area is 133 Å². The van der Waals surface area contributed by atoms with Gasteiger partial charge in [-0.2, -0.15) is 0 Å². The van der Waals surface area contributed by atoms with E-state index in [1.54, 1.807) is 0 Å². The topological polar surface area (TPSA) is 43.8 Å². The lowest BCUT2D eigenvalue weighted by molar-refractivity contribution is 0.00578. The first-order valence-electron chi connectivity index (χ1n) is 7.97. The van der Waals surface area contributed by atoms with Crippen molar-refractivity contribution >= 4 is 18.4 Å². The highest BCUT2D eigenvalue weighted by Crippen LogP contribution is 2.36. The van der Waals surface area contributed by atoms with Crippen LogP contribution in [0.1, 0.15) is 34.6 Å². The van der Waals surface area contributed by atoms with E-state index in [9.17, 15) is 0 Å². The van der Waals surface area contributed by atoms with E-state index in [0.717, 1.165) is 31.0 Å². The van der Waals surface area contributed by atoms with Crippen LogP contribution in [0.4, 0.5) is 5.82 Å². The summed E-state index contributed by atoms with van der Waals surface area (Å²) in [7, 11) is -0.352. The molecule has 0 unspecified atom stereocenters. The monoisotopic (exact) mass is 304 g/mol. The van der Waals surface area contributed by atoms with Crippen LogP contribution in [0.5, 0.6) is 0 Å². The minimum atomic E-state index is -0.352. The minimum Gasteiger partial charge on any atom is -0.399 e. The molecule has 1 aromatic heterocycles. The summed E-state index contributed by atoms with van der Waals surface area (Å²) >= 11 is 0. The Balaban J connectivity index is 1.72. The molecule has 120 valence electrons. The van der Waals surface area contributed by atoms with Crippen LogP contribution in [-0.2, 0) is 14.0 Å². The molecular formula is C16H25BN2O3. The van der Waals surface area contributed by atoms with Gasteiger partial charge in [0, 0.05) is 24.7 Å². The molecule has 0 spiro atoms. The summed E-state index contributed by atoms with van der Waals surface area (Å²) in [5, 5.41) is 0. The second-order valence-electron chi connectivity index (χ2n) is 7.17. The maximum atomic E-state index is 6.06. The summed E-state index contributed by atoms with van der Waals surface area (Å²) in [5.41, 5.74) is 0.315. The molecule has 3 rings (SSSR count). The molecule has 0 bridgehead atoms. The van der Waals surface area contributed by atoms with E-state index in [0.29, 0.717) is 0 Å². The van der Waals surface area contributed by atoms with Gasteiger partial charge in [-0.1, -0.05) is 6.07 Å². The van der Waals surface area contributed by atoms with E-state index in [-0.39, 0.29) is 24.4 Å². The number of hydrogen-bond donors (Lipinski definition) is 0. The predicted octanol–water partition coefficient (Wildman–Crippen LogP) is 1.61. The summed E-state index contributed by atoms with van der Waals surface area (Å²) in [6.07, 6.45) is 2.11. The molecular weight excluding hydrogens is 279 g/mol. The van der Waals surface area contributed by atoms with Crippen molar-refractivity contribution in [1.29, 1.82) is 0 Å². The lowest BCUT2D eigenvalue weighted by atomic mass is 9.80. The Bertz CT molecular complexity index is 517. The smallest absolute Gasteiger partial charge is 0.399 e. The highest BCUT2D eigenvalue weighted by molar-refractivity contribution is 6.62. The third kappa shape index (κ3) is 2.87. The normalized spacial score (nSPS) is 27.2. The van der Waals surface area contributed by atoms with Gasteiger partial charge in [-0.15, -0.1) is 0 Å². The Hall–Kier alpha value is -1.11. The highest BCUT2D eigenvalue weighted by Gasteiger charge is 2.51. The van der Waals surface area contributed by atoms with Gasteiger partial charge in [0.2, 0.25) is 0 Å². The number of pyridine rings is 1. The van der Waals surface area contributed by atoms with Crippen LogP contribution in [0.25, 0.3) is 0 Å². The third-order valence-electron chi connectivity index (χ3n) is 4.86. The summed E-state index contributed by atoms with van der Waals surface area (Å²) in [5.74, 6) is 0.982. The first-order chi connectivity index (χ1) is 10.3. The number of morpholine rings is 1. The van der Waals surface area contributed by atoms with E-state index in [1.807, 2.05) is 18.3 Å². The van der Waals surface area contributed by atoms with E-state index in [1.165, 1.54) is 0 Å². The van der Waals surface area contributed by atoms with Crippen LogP contribution >= 0.6 is 0 Å². The fourth-order valence-corrected chi connectivity index (χ4v) is 2.73. The molecule has 0 amide bonds. The molecule has 0 saturated carbocycles. The average Bonchev–Trinajstić information content (AvgIpc) is 2.68. The molecule has 0 aromatic carbocycles. The van der Waals surface area contributed by atoms with Crippen molar-refractivity contribution in [3.8, 4) is 0 Å². The van der Waals surface area contributed by atoms with Crippen LogP contribution in [0.15, 0.2) is 18.3 Å². The molecule has 5 nitrogen and oxygen atoms in total. The van der Waals surface area contributed by atoms with Gasteiger partial charge in [0.15, 0.2) is 0 Å². The Morgan fingerprint density at radius 1 is 1.18 bits per heavy atom. The van der Waals surface area contributed by atoms with Crippen molar-refractivity contribution in [2.24, 2.45) is 0 Å². The average molecular weight is 304 g/mol. The number of aromatic nitrogens is 1. The van der Waals surface area contributed by atoms with Gasteiger partial charge in [0.1, 0.15) is 5.82 Å². The second kappa shape index (κ2) is 5.51. The van der Waals surface area contributed by atoms with Crippen LogP contribution in [-0.4, -0.2) is 49.1 Å². The highest BCUT2D eigenvalue weighted by atomic mass is 16.7. The molecule has 2 saturated heterocycles. The van der Waals surface area contributed by atoms with Crippen molar-refractivity contribution in [1.82, 2.24) is 4.98 Å². The zero-order chi connectivity index (χ0) is 16.0. The van der Waals surface area contributed by atoms with Gasteiger partial charge in [-0.05, 0) is 40.7 Å². The molecule has 1 aromatic rings. The second-order valence-corrected chi connectivity index (χ2v) is 7.17. The maximum Gasteiger partial charge on any atom is 0.496 e. The van der Waals surface area contributed by atoms with E-state index in [2.05, 4.69) is 44.5 Å². The van der Waals surface area contributed by atoms with Gasteiger partial charge in [0.05, 0.1) is 23.9 Å². The Kier molecular flexibility index (Phi) is 3.95. The van der Waals surface area contributed by atoms with Gasteiger partial charge in [-0.3, -0.25) is 0 Å². The number of hydrogen-bond acceptors (Lipinski definition) is 5. The van der Waals surface area contributed by atoms with Crippen molar-refractivity contribution in [2.45, 2.75) is 51.9 Å². The van der Waals surface area contributed by atoms with Crippen molar-refractivity contribution < 1.29 is 14.0 Å². The number of rotatable bonds is 2. The molecule has 2 aliphatic rings. The number of anilines is 1. The summed E-state index contributed by atoms with van der Waals surface area (Å²) in [6, 6.07) is 4.09. The Morgan fingerprint density at radius 2 is 1.86 bits per heavy atom. The van der Waals surface area contributed by atoms with Crippen molar-refractivity contribution in [3.05, 3.63) is 18.3 Å². The van der Waals surface area contributed by atoms with E-state index >= 15 is 0 Å². The minimum absolute atomic E-state index is 0.248. The molecule has 22 heavy (non-hydrogen) atoms. The molecule has 1 atom stereocenters. The molecule has 2 aliphatic heterocycles. The zero-order valence-corrected chi connectivity index (χ0v) is 14.1.